The number of aliphatic imine (C=N–C) groups is 1. The van der Waals surface area contributed by atoms with E-state index in [1.54, 1.807) is 0 Å². The van der Waals surface area contributed by atoms with Crippen LogP contribution in [0.25, 0.3) is 11.5 Å². The fourth-order valence-electron chi connectivity index (χ4n) is 4.13. The number of hydrogen-bond donors (Lipinski definition) is 0. The van der Waals surface area contributed by atoms with Gasteiger partial charge in [-0.25, -0.2) is 9.97 Å². The van der Waals surface area contributed by atoms with E-state index in [0.29, 0.717) is 0 Å². The third-order valence-corrected chi connectivity index (χ3v) is 6.87. The molecule has 7 heteroatoms. The van der Waals surface area contributed by atoms with Crippen molar-refractivity contribution in [1.82, 2.24) is 19.9 Å². The minimum atomic E-state index is 0.234. The summed E-state index contributed by atoms with van der Waals surface area (Å²) in [6.07, 6.45) is 5.12. The highest BCUT2D eigenvalue weighted by Gasteiger charge is 2.32. The Labute approximate surface area is 170 Å². The molecule has 0 atom stereocenters. The van der Waals surface area contributed by atoms with E-state index in [-0.39, 0.29) is 4.75 Å². The van der Waals surface area contributed by atoms with Crippen LogP contribution in [-0.2, 0) is 12.8 Å². The fraction of sp³-hybridized carbons (Fsp3) is 0.524. The smallest absolute Gasteiger partial charge is 0.180 e. The Bertz CT molecular complexity index is 903. The maximum absolute atomic E-state index is 4.98. The molecule has 146 valence electrons. The molecular formula is C21H26N6S. The first-order valence-electron chi connectivity index (χ1n) is 10.1. The van der Waals surface area contributed by atoms with Crippen molar-refractivity contribution in [3.63, 3.8) is 0 Å². The predicted molar refractivity (Wildman–Crippen MR) is 115 cm³/mol. The monoisotopic (exact) mass is 394 g/mol. The van der Waals surface area contributed by atoms with E-state index in [4.69, 9.17) is 15.0 Å². The highest BCUT2D eigenvalue weighted by atomic mass is 32.2. The second-order valence-corrected chi connectivity index (χ2v) is 9.97. The SMILES string of the molecule is CC1(C)CN=C(N2CCN(c3nc(-c4ccccn4)nc4c3CCC4)CC2)S1. The van der Waals surface area contributed by atoms with Crippen LogP contribution in [0.15, 0.2) is 29.4 Å². The molecule has 0 unspecified atom stereocenters. The topological polar surface area (TPSA) is 57.5 Å². The number of pyridine rings is 1. The summed E-state index contributed by atoms with van der Waals surface area (Å²) in [6, 6.07) is 5.93. The Kier molecular flexibility index (Phi) is 4.50. The standard InChI is InChI=1S/C21H26N6S/c1-21(2)14-23-20(28-21)27-12-10-26(11-13-27)19-15-6-5-8-16(15)24-18(25-19)17-7-3-4-9-22-17/h3-4,7,9H,5-6,8,10-14H2,1-2H3. The van der Waals surface area contributed by atoms with Gasteiger partial charge in [0, 0.05) is 48.4 Å². The summed E-state index contributed by atoms with van der Waals surface area (Å²) >= 11 is 1.91. The summed E-state index contributed by atoms with van der Waals surface area (Å²) in [4.78, 5) is 24.0. The van der Waals surface area contributed by atoms with Gasteiger partial charge in [0.2, 0.25) is 0 Å². The number of anilines is 1. The molecular weight excluding hydrogens is 368 g/mol. The average molecular weight is 395 g/mol. The highest BCUT2D eigenvalue weighted by molar-refractivity contribution is 8.15. The number of piperazine rings is 1. The number of fused-ring (bicyclic) bond motifs is 1. The summed E-state index contributed by atoms with van der Waals surface area (Å²) in [7, 11) is 0. The summed E-state index contributed by atoms with van der Waals surface area (Å²) in [6.45, 7) is 9.41. The second kappa shape index (κ2) is 7.03. The van der Waals surface area contributed by atoms with E-state index < -0.39 is 0 Å². The molecule has 0 N–H and O–H groups in total. The Morgan fingerprint density at radius 3 is 2.54 bits per heavy atom. The van der Waals surface area contributed by atoms with Gasteiger partial charge in [-0.1, -0.05) is 17.8 Å². The van der Waals surface area contributed by atoms with Gasteiger partial charge in [-0.2, -0.15) is 0 Å². The average Bonchev–Trinajstić information content (AvgIpc) is 3.34. The molecule has 6 nitrogen and oxygen atoms in total. The Hall–Kier alpha value is -2.15. The van der Waals surface area contributed by atoms with Gasteiger partial charge in [-0.15, -0.1) is 0 Å². The molecule has 0 saturated carbocycles. The first kappa shape index (κ1) is 17.9. The lowest BCUT2D eigenvalue weighted by Crippen LogP contribution is -2.48. The van der Waals surface area contributed by atoms with Crippen LogP contribution < -0.4 is 4.90 Å². The first-order chi connectivity index (χ1) is 13.6. The van der Waals surface area contributed by atoms with Crippen molar-refractivity contribution in [3.05, 3.63) is 35.7 Å². The van der Waals surface area contributed by atoms with Crippen LogP contribution in [0.3, 0.4) is 0 Å². The van der Waals surface area contributed by atoms with E-state index in [9.17, 15) is 0 Å². The fourth-order valence-corrected chi connectivity index (χ4v) is 5.19. The molecule has 1 fully saturated rings. The Balaban J connectivity index is 1.38. The molecule has 0 amide bonds. The van der Waals surface area contributed by atoms with E-state index in [0.717, 1.165) is 62.9 Å². The lowest BCUT2D eigenvalue weighted by Gasteiger charge is -2.37. The lowest BCUT2D eigenvalue weighted by molar-refractivity contribution is 0.390. The maximum atomic E-state index is 4.98. The highest BCUT2D eigenvalue weighted by Crippen LogP contribution is 2.35. The van der Waals surface area contributed by atoms with E-state index in [1.165, 1.54) is 22.8 Å². The second-order valence-electron chi connectivity index (χ2n) is 8.30. The summed E-state index contributed by atoms with van der Waals surface area (Å²) in [5.74, 6) is 1.89. The number of thioether (sulfide) groups is 1. The Morgan fingerprint density at radius 1 is 1.00 bits per heavy atom. The molecule has 0 bridgehead atoms. The minimum absolute atomic E-state index is 0.234. The third-order valence-electron chi connectivity index (χ3n) is 5.62. The molecule has 5 rings (SSSR count). The number of hydrogen-bond acceptors (Lipinski definition) is 7. The molecule has 1 saturated heterocycles. The molecule has 2 aromatic heterocycles. The zero-order chi connectivity index (χ0) is 19.1. The lowest BCUT2D eigenvalue weighted by atomic mass is 10.2. The number of amidine groups is 1. The van der Waals surface area contributed by atoms with E-state index in [2.05, 4.69) is 28.6 Å². The molecule has 4 heterocycles. The van der Waals surface area contributed by atoms with Crippen molar-refractivity contribution in [2.24, 2.45) is 4.99 Å². The molecule has 0 aromatic carbocycles. The number of nitrogens with zero attached hydrogens (tertiary/aromatic N) is 6. The van der Waals surface area contributed by atoms with Gasteiger partial charge in [-0.05, 0) is 45.2 Å². The Morgan fingerprint density at radius 2 is 1.82 bits per heavy atom. The van der Waals surface area contributed by atoms with Crippen LogP contribution in [0.2, 0.25) is 0 Å². The van der Waals surface area contributed by atoms with Gasteiger partial charge >= 0.3 is 0 Å². The van der Waals surface area contributed by atoms with E-state index in [1.807, 2.05) is 36.2 Å². The largest absolute Gasteiger partial charge is 0.353 e. The van der Waals surface area contributed by atoms with Crippen molar-refractivity contribution < 1.29 is 0 Å². The van der Waals surface area contributed by atoms with Gasteiger partial charge in [0.15, 0.2) is 11.0 Å². The van der Waals surface area contributed by atoms with Crippen LogP contribution in [0.4, 0.5) is 5.82 Å². The number of aryl methyl sites for hydroxylation is 1. The van der Waals surface area contributed by atoms with E-state index >= 15 is 0 Å². The zero-order valence-corrected chi connectivity index (χ0v) is 17.4. The number of rotatable bonds is 2. The van der Waals surface area contributed by atoms with Crippen molar-refractivity contribution in [2.75, 3.05) is 37.6 Å². The van der Waals surface area contributed by atoms with Gasteiger partial charge in [0.05, 0.1) is 6.54 Å². The minimum Gasteiger partial charge on any atom is -0.353 e. The molecule has 28 heavy (non-hydrogen) atoms. The summed E-state index contributed by atoms with van der Waals surface area (Å²) in [5.41, 5.74) is 3.42. The number of aromatic nitrogens is 3. The molecule has 2 aliphatic heterocycles. The van der Waals surface area contributed by atoms with Crippen molar-refractivity contribution in [1.29, 1.82) is 0 Å². The first-order valence-corrected chi connectivity index (χ1v) is 11.0. The van der Waals surface area contributed by atoms with Crippen LogP contribution in [-0.4, -0.2) is 62.5 Å². The zero-order valence-electron chi connectivity index (χ0n) is 16.6. The third kappa shape index (κ3) is 3.36. The predicted octanol–water partition coefficient (Wildman–Crippen LogP) is 3.03. The normalized spacial score (nSPS) is 21.0. The van der Waals surface area contributed by atoms with Gasteiger partial charge in [0.25, 0.3) is 0 Å². The molecule has 1 aliphatic carbocycles. The van der Waals surface area contributed by atoms with Crippen LogP contribution in [0, 0.1) is 0 Å². The van der Waals surface area contributed by atoms with Gasteiger partial charge < -0.3 is 9.80 Å². The molecule has 0 spiro atoms. The molecule has 0 radical (unpaired) electrons. The molecule has 2 aromatic rings. The summed E-state index contributed by atoms with van der Waals surface area (Å²) < 4.78 is 0.234. The van der Waals surface area contributed by atoms with Crippen LogP contribution in [0.5, 0.6) is 0 Å². The van der Waals surface area contributed by atoms with Crippen molar-refractivity contribution in [2.45, 2.75) is 37.9 Å². The van der Waals surface area contributed by atoms with Gasteiger partial charge in [0.1, 0.15) is 11.5 Å². The maximum Gasteiger partial charge on any atom is 0.180 e. The van der Waals surface area contributed by atoms with Crippen molar-refractivity contribution >= 4 is 22.7 Å². The summed E-state index contributed by atoms with van der Waals surface area (Å²) in [5, 5.41) is 1.21. The molecule has 3 aliphatic rings. The van der Waals surface area contributed by atoms with Crippen LogP contribution in [0.1, 0.15) is 31.5 Å². The van der Waals surface area contributed by atoms with Crippen molar-refractivity contribution in [3.8, 4) is 11.5 Å². The van der Waals surface area contributed by atoms with Gasteiger partial charge in [-0.3, -0.25) is 9.98 Å². The van der Waals surface area contributed by atoms with Crippen LogP contribution >= 0.6 is 11.8 Å². The quantitative estimate of drug-likeness (QED) is 0.780.